The van der Waals surface area contributed by atoms with Gasteiger partial charge in [0.1, 0.15) is 0 Å². The largest absolute Gasteiger partial charge is 0.508 e. The van der Waals surface area contributed by atoms with Crippen LogP contribution in [0.5, 0.6) is 0 Å². The van der Waals surface area contributed by atoms with E-state index in [1.165, 1.54) is 122 Å². The van der Waals surface area contributed by atoms with Gasteiger partial charge in [0.25, 0.3) is 0 Å². The van der Waals surface area contributed by atoms with Crippen LogP contribution in [0.25, 0.3) is 0 Å². The maximum absolute atomic E-state index is 11.6. The lowest BCUT2D eigenvalue weighted by molar-refractivity contribution is 0.0529. The molecular weight excluding hydrogens is 384 g/mol. The van der Waals surface area contributed by atoms with E-state index in [9.17, 15) is 4.79 Å². The molecule has 0 aromatic rings. The lowest BCUT2D eigenvalue weighted by atomic mass is 10.0. The van der Waals surface area contributed by atoms with Crippen molar-refractivity contribution in [2.24, 2.45) is 0 Å². The monoisotopic (exact) mass is 440 g/mol. The van der Waals surface area contributed by atoms with E-state index in [4.69, 9.17) is 9.47 Å². The van der Waals surface area contributed by atoms with Gasteiger partial charge in [-0.3, -0.25) is 0 Å². The predicted octanol–water partition coefficient (Wildman–Crippen LogP) is 10.2. The van der Waals surface area contributed by atoms with Crippen LogP contribution in [0.4, 0.5) is 4.79 Å². The van der Waals surface area contributed by atoms with Crippen LogP contribution in [0.3, 0.4) is 0 Å². The number of carbonyl (C=O) groups excluding carboxylic acids is 1. The fourth-order valence-corrected chi connectivity index (χ4v) is 4.06. The van der Waals surface area contributed by atoms with Crippen molar-refractivity contribution in [3.05, 3.63) is 0 Å². The van der Waals surface area contributed by atoms with Gasteiger partial charge in [0.05, 0.1) is 13.2 Å². The zero-order valence-electron chi connectivity index (χ0n) is 21.4. The summed E-state index contributed by atoms with van der Waals surface area (Å²) < 4.78 is 10.3. The Morgan fingerprint density at radius 1 is 0.387 bits per heavy atom. The third-order valence-electron chi connectivity index (χ3n) is 6.19. The predicted molar refractivity (Wildman–Crippen MR) is 135 cm³/mol. The molecule has 0 N–H and O–H groups in total. The number of hydrogen-bond acceptors (Lipinski definition) is 3. The highest BCUT2D eigenvalue weighted by molar-refractivity contribution is 5.59. The van der Waals surface area contributed by atoms with E-state index >= 15 is 0 Å². The molecule has 0 amide bonds. The third kappa shape index (κ3) is 27.2. The summed E-state index contributed by atoms with van der Waals surface area (Å²) in [6, 6.07) is 0. The Hall–Kier alpha value is -0.730. The normalized spacial score (nSPS) is 11.0. The maximum Gasteiger partial charge on any atom is 0.508 e. The van der Waals surface area contributed by atoms with Gasteiger partial charge < -0.3 is 9.47 Å². The molecule has 0 aliphatic heterocycles. The molecule has 0 radical (unpaired) electrons. The van der Waals surface area contributed by atoms with Crippen molar-refractivity contribution in [2.45, 2.75) is 162 Å². The lowest BCUT2D eigenvalue weighted by Gasteiger charge is -2.06. The van der Waals surface area contributed by atoms with Gasteiger partial charge in [-0.05, 0) is 12.8 Å². The van der Waals surface area contributed by atoms with Gasteiger partial charge in [0.2, 0.25) is 0 Å². The molecule has 0 saturated carbocycles. The van der Waals surface area contributed by atoms with Crippen LogP contribution >= 0.6 is 0 Å². The van der Waals surface area contributed by atoms with Crippen molar-refractivity contribution < 1.29 is 14.3 Å². The van der Waals surface area contributed by atoms with Crippen LogP contribution in [-0.4, -0.2) is 19.4 Å². The zero-order chi connectivity index (χ0) is 22.7. The highest BCUT2D eigenvalue weighted by Crippen LogP contribution is 2.13. The summed E-state index contributed by atoms with van der Waals surface area (Å²) in [5.74, 6) is 0. The first-order valence-electron chi connectivity index (χ1n) is 14.1. The van der Waals surface area contributed by atoms with Crippen LogP contribution in [0.15, 0.2) is 0 Å². The van der Waals surface area contributed by atoms with E-state index in [1.54, 1.807) is 0 Å². The standard InChI is InChI=1S/C28H56O3/c1-3-5-7-9-11-13-14-15-16-17-18-19-21-23-25-27-31-28(29)30-26-24-22-20-12-10-8-6-4-2/h3-27H2,1-2H3. The van der Waals surface area contributed by atoms with Gasteiger partial charge in [-0.15, -0.1) is 0 Å². The number of hydrogen-bond donors (Lipinski definition) is 0. The summed E-state index contributed by atoms with van der Waals surface area (Å²) in [7, 11) is 0. The first-order chi connectivity index (χ1) is 15.3. The molecule has 0 aliphatic carbocycles. The van der Waals surface area contributed by atoms with E-state index in [1.807, 2.05) is 0 Å². The molecule has 0 spiro atoms. The molecule has 3 heteroatoms. The van der Waals surface area contributed by atoms with Crippen LogP contribution in [0.2, 0.25) is 0 Å². The minimum Gasteiger partial charge on any atom is -0.434 e. The minimum absolute atomic E-state index is 0.478. The fraction of sp³-hybridized carbons (Fsp3) is 0.964. The van der Waals surface area contributed by atoms with Crippen molar-refractivity contribution in [3.63, 3.8) is 0 Å². The van der Waals surface area contributed by atoms with Crippen LogP contribution in [0, 0.1) is 0 Å². The number of unbranched alkanes of at least 4 members (excludes halogenated alkanes) is 21. The van der Waals surface area contributed by atoms with E-state index in [0.29, 0.717) is 13.2 Å². The Morgan fingerprint density at radius 2 is 0.613 bits per heavy atom. The van der Waals surface area contributed by atoms with Gasteiger partial charge in [0.15, 0.2) is 0 Å². The molecule has 0 aromatic carbocycles. The minimum atomic E-state index is -0.478. The molecule has 0 heterocycles. The second-order valence-corrected chi connectivity index (χ2v) is 9.37. The van der Waals surface area contributed by atoms with Crippen molar-refractivity contribution in [3.8, 4) is 0 Å². The molecule has 0 rings (SSSR count). The third-order valence-corrected chi connectivity index (χ3v) is 6.19. The summed E-state index contributed by atoms with van der Waals surface area (Å²) in [5, 5.41) is 0. The lowest BCUT2D eigenvalue weighted by Crippen LogP contribution is -2.09. The van der Waals surface area contributed by atoms with Gasteiger partial charge in [-0.2, -0.15) is 0 Å². The average Bonchev–Trinajstić information content (AvgIpc) is 2.77. The van der Waals surface area contributed by atoms with Gasteiger partial charge >= 0.3 is 6.16 Å². The van der Waals surface area contributed by atoms with E-state index in [-0.39, 0.29) is 0 Å². The summed E-state index contributed by atoms with van der Waals surface area (Å²) in [6.45, 7) is 5.54. The van der Waals surface area contributed by atoms with E-state index < -0.39 is 6.16 Å². The molecule has 0 unspecified atom stereocenters. The molecule has 186 valence electrons. The van der Waals surface area contributed by atoms with Crippen LogP contribution < -0.4 is 0 Å². The highest BCUT2D eigenvalue weighted by Gasteiger charge is 2.03. The quantitative estimate of drug-likeness (QED) is 0.105. The number of ether oxygens (including phenoxy) is 2. The Labute approximate surface area is 195 Å². The second kappa shape index (κ2) is 27.3. The topological polar surface area (TPSA) is 35.5 Å². The second-order valence-electron chi connectivity index (χ2n) is 9.37. The van der Waals surface area contributed by atoms with Crippen molar-refractivity contribution in [1.82, 2.24) is 0 Å². The van der Waals surface area contributed by atoms with E-state index in [2.05, 4.69) is 13.8 Å². The maximum atomic E-state index is 11.6. The first-order valence-corrected chi connectivity index (χ1v) is 14.1. The zero-order valence-corrected chi connectivity index (χ0v) is 21.4. The van der Waals surface area contributed by atoms with Crippen LogP contribution in [-0.2, 0) is 9.47 Å². The molecule has 0 atom stereocenters. The average molecular weight is 441 g/mol. The molecular formula is C28H56O3. The Bertz CT molecular complexity index is 343. The van der Waals surface area contributed by atoms with E-state index in [0.717, 1.165) is 25.7 Å². The van der Waals surface area contributed by atoms with Crippen molar-refractivity contribution in [1.29, 1.82) is 0 Å². The summed E-state index contributed by atoms with van der Waals surface area (Å²) >= 11 is 0. The first kappa shape index (κ1) is 30.3. The molecule has 0 fully saturated rings. The van der Waals surface area contributed by atoms with Gasteiger partial charge in [-0.1, -0.05) is 149 Å². The van der Waals surface area contributed by atoms with Crippen LogP contribution in [0.1, 0.15) is 162 Å². The molecule has 31 heavy (non-hydrogen) atoms. The Kier molecular flexibility index (Phi) is 26.7. The smallest absolute Gasteiger partial charge is 0.434 e. The molecule has 0 aromatic heterocycles. The summed E-state index contributed by atoms with van der Waals surface area (Å²) in [5.41, 5.74) is 0. The van der Waals surface area contributed by atoms with Gasteiger partial charge in [0, 0.05) is 0 Å². The SMILES string of the molecule is CCCCCCCCCCCCCCCCCOC(=O)OCCCCCCCCCC. The van der Waals surface area contributed by atoms with Crippen molar-refractivity contribution >= 4 is 6.16 Å². The number of carbonyl (C=O) groups is 1. The molecule has 0 bridgehead atoms. The van der Waals surface area contributed by atoms with Gasteiger partial charge in [-0.25, -0.2) is 4.79 Å². The summed E-state index contributed by atoms with van der Waals surface area (Å²) in [6.07, 6.45) is 29.8. The fourth-order valence-electron chi connectivity index (χ4n) is 4.06. The highest BCUT2D eigenvalue weighted by atomic mass is 16.7. The number of rotatable bonds is 25. The Balaban J connectivity index is 3.12. The molecule has 0 saturated heterocycles. The molecule has 0 aliphatic rings. The Morgan fingerprint density at radius 3 is 0.871 bits per heavy atom. The van der Waals surface area contributed by atoms with Crippen molar-refractivity contribution in [2.75, 3.05) is 13.2 Å². The summed E-state index contributed by atoms with van der Waals surface area (Å²) in [4.78, 5) is 11.6. The molecule has 3 nitrogen and oxygen atoms in total.